The summed E-state index contributed by atoms with van der Waals surface area (Å²) in [5.41, 5.74) is 3.47. The monoisotopic (exact) mass is 451 g/mol. The molecule has 5 heteroatoms. The first-order valence-electron chi connectivity index (χ1n) is 11.1. The van der Waals surface area contributed by atoms with Gasteiger partial charge in [-0.05, 0) is 53.9 Å². The van der Waals surface area contributed by atoms with Crippen molar-refractivity contribution in [3.8, 4) is 17.7 Å². The van der Waals surface area contributed by atoms with Gasteiger partial charge in [-0.15, -0.1) is 0 Å². The number of pyridine rings is 1. The van der Waals surface area contributed by atoms with E-state index in [4.69, 9.17) is 9.84 Å². The molecule has 0 aliphatic rings. The van der Waals surface area contributed by atoms with Gasteiger partial charge in [-0.2, -0.15) is 0 Å². The first-order valence-corrected chi connectivity index (χ1v) is 11.1. The lowest BCUT2D eigenvalue weighted by molar-refractivity contribution is 0.0697. The highest BCUT2D eigenvalue weighted by atomic mass is 16.5. The van der Waals surface area contributed by atoms with Crippen LogP contribution in [0.2, 0.25) is 0 Å². The van der Waals surface area contributed by atoms with Gasteiger partial charge in [0.1, 0.15) is 5.75 Å². The lowest BCUT2D eigenvalue weighted by Crippen LogP contribution is -2.14. The van der Waals surface area contributed by atoms with Crippen LogP contribution in [-0.2, 0) is 6.42 Å². The third-order valence-corrected chi connectivity index (χ3v) is 5.84. The van der Waals surface area contributed by atoms with E-state index in [9.17, 15) is 9.59 Å². The first-order chi connectivity index (χ1) is 16.5. The molecule has 0 radical (unpaired) electrons. The number of nitrogens with zero attached hydrogens (tertiary/aromatic N) is 1. The van der Waals surface area contributed by atoms with E-state index in [2.05, 4.69) is 18.9 Å². The molecule has 5 nitrogen and oxygen atoms in total. The summed E-state index contributed by atoms with van der Waals surface area (Å²) in [4.78, 5) is 24.3. The van der Waals surface area contributed by atoms with Crippen molar-refractivity contribution in [1.29, 1.82) is 0 Å². The van der Waals surface area contributed by atoms with Crippen molar-refractivity contribution in [1.82, 2.24) is 4.57 Å². The molecule has 34 heavy (non-hydrogen) atoms. The van der Waals surface area contributed by atoms with Crippen molar-refractivity contribution in [3.63, 3.8) is 0 Å². The van der Waals surface area contributed by atoms with Crippen LogP contribution in [0.15, 0.2) is 83.8 Å². The zero-order valence-corrected chi connectivity index (χ0v) is 19.1. The second kappa shape index (κ2) is 10.1. The molecular weight excluding hydrogens is 426 g/mol. The molecule has 1 aromatic heterocycles. The molecule has 1 atom stereocenters. The molecule has 0 fully saturated rings. The van der Waals surface area contributed by atoms with Crippen molar-refractivity contribution in [2.24, 2.45) is 0 Å². The van der Waals surface area contributed by atoms with Gasteiger partial charge in [0, 0.05) is 35.5 Å². The van der Waals surface area contributed by atoms with Gasteiger partial charge in [0.15, 0.2) is 5.43 Å². The molecule has 0 amide bonds. The quantitative estimate of drug-likeness (QED) is 0.404. The number of carboxylic acids is 1. The molecule has 3 aromatic carbocycles. The highest BCUT2D eigenvalue weighted by molar-refractivity contribution is 5.87. The van der Waals surface area contributed by atoms with Crippen LogP contribution >= 0.6 is 0 Å². The number of para-hydroxylation sites is 1. The number of ether oxygens (including phenoxy) is 1. The van der Waals surface area contributed by atoms with Crippen molar-refractivity contribution in [2.45, 2.75) is 25.7 Å². The Morgan fingerprint density at radius 2 is 1.82 bits per heavy atom. The standard InChI is InChI=1S/C29H25NO4/c1-3-21(23-7-6-8-25(18-23)34-2)15-16-30-19-24(28(31)26-9-4-5-10-27(26)30)17-20-11-13-22(14-12-20)29(32)33/h4-14,18-19,21H,3,17H2,1-2H3,(H,32,33). The second-order valence-electron chi connectivity index (χ2n) is 8.04. The lowest BCUT2D eigenvalue weighted by atomic mass is 9.97. The Morgan fingerprint density at radius 1 is 1.06 bits per heavy atom. The minimum atomic E-state index is -0.976. The van der Waals surface area contributed by atoms with Gasteiger partial charge in [0.25, 0.3) is 0 Å². The van der Waals surface area contributed by atoms with Gasteiger partial charge in [0.05, 0.1) is 18.2 Å². The largest absolute Gasteiger partial charge is 0.497 e. The number of aromatic nitrogens is 1. The number of aromatic carboxylic acids is 1. The van der Waals surface area contributed by atoms with Gasteiger partial charge >= 0.3 is 5.97 Å². The second-order valence-corrected chi connectivity index (χ2v) is 8.04. The number of hydrogen-bond donors (Lipinski definition) is 1. The molecule has 1 N–H and O–H groups in total. The molecule has 0 saturated carbocycles. The van der Waals surface area contributed by atoms with E-state index in [1.54, 1.807) is 37.6 Å². The van der Waals surface area contributed by atoms with Crippen LogP contribution < -0.4 is 10.2 Å². The van der Waals surface area contributed by atoms with E-state index in [-0.39, 0.29) is 16.9 Å². The number of carbonyl (C=O) groups is 1. The third-order valence-electron chi connectivity index (χ3n) is 5.84. The Labute approximate surface area is 198 Å². The molecule has 0 spiro atoms. The first kappa shape index (κ1) is 22.9. The Hall–Kier alpha value is -4.30. The van der Waals surface area contributed by atoms with Crippen LogP contribution in [0.4, 0.5) is 0 Å². The predicted octanol–water partition coefficient (Wildman–Crippen LogP) is 5.30. The van der Waals surface area contributed by atoms with Crippen LogP contribution in [0, 0.1) is 12.0 Å². The normalized spacial score (nSPS) is 11.5. The average Bonchev–Trinajstić information content (AvgIpc) is 2.87. The van der Waals surface area contributed by atoms with Crippen molar-refractivity contribution in [2.75, 3.05) is 7.11 Å². The number of hydrogen-bond acceptors (Lipinski definition) is 3. The van der Waals surface area contributed by atoms with Crippen molar-refractivity contribution < 1.29 is 14.6 Å². The maximum Gasteiger partial charge on any atom is 0.335 e. The Bertz CT molecular complexity index is 1460. The third kappa shape index (κ3) is 4.87. The minimum absolute atomic E-state index is 0.0142. The van der Waals surface area contributed by atoms with Gasteiger partial charge in [-0.25, -0.2) is 4.79 Å². The minimum Gasteiger partial charge on any atom is -0.497 e. The lowest BCUT2D eigenvalue weighted by Gasteiger charge is -2.11. The number of carboxylic acid groups (broad SMARTS) is 1. The van der Waals surface area contributed by atoms with Gasteiger partial charge in [0.2, 0.25) is 0 Å². The summed E-state index contributed by atoms with van der Waals surface area (Å²) < 4.78 is 7.18. The van der Waals surface area contributed by atoms with E-state index >= 15 is 0 Å². The molecule has 0 aliphatic carbocycles. The molecule has 4 rings (SSSR count). The zero-order chi connectivity index (χ0) is 24.1. The van der Waals surface area contributed by atoms with Crippen LogP contribution in [0.25, 0.3) is 10.9 Å². The van der Waals surface area contributed by atoms with Gasteiger partial charge in [-0.3, -0.25) is 9.36 Å². The summed E-state index contributed by atoms with van der Waals surface area (Å²) in [7, 11) is 1.65. The van der Waals surface area contributed by atoms with Crippen LogP contribution in [0.1, 0.15) is 46.3 Å². The van der Waals surface area contributed by atoms with E-state index in [1.807, 2.05) is 53.1 Å². The maximum atomic E-state index is 13.2. The number of rotatable bonds is 6. The summed E-state index contributed by atoms with van der Waals surface area (Å²) >= 11 is 0. The summed E-state index contributed by atoms with van der Waals surface area (Å²) in [5.74, 6) is 3.20. The molecule has 0 bridgehead atoms. The predicted molar refractivity (Wildman–Crippen MR) is 134 cm³/mol. The van der Waals surface area contributed by atoms with Gasteiger partial charge < -0.3 is 9.84 Å². The molecule has 0 aliphatic heterocycles. The number of methoxy groups -OCH3 is 1. The summed E-state index contributed by atoms with van der Waals surface area (Å²) in [6, 6.07) is 25.2. The molecule has 1 unspecified atom stereocenters. The van der Waals surface area contributed by atoms with E-state index in [0.717, 1.165) is 28.8 Å². The fraction of sp³-hybridized carbons (Fsp3) is 0.172. The van der Waals surface area contributed by atoms with E-state index in [1.165, 1.54) is 0 Å². The van der Waals surface area contributed by atoms with Gasteiger partial charge in [-0.1, -0.05) is 49.2 Å². The fourth-order valence-electron chi connectivity index (χ4n) is 3.96. The summed E-state index contributed by atoms with van der Waals surface area (Å²) in [6.45, 7) is 2.09. The van der Waals surface area contributed by atoms with Crippen molar-refractivity contribution in [3.05, 3.63) is 111 Å². The Balaban J connectivity index is 1.75. The molecule has 0 saturated heterocycles. The van der Waals surface area contributed by atoms with Crippen LogP contribution in [0.5, 0.6) is 5.75 Å². The Morgan fingerprint density at radius 3 is 2.53 bits per heavy atom. The maximum absolute atomic E-state index is 13.2. The smallest absolute Gasteiger partial charge is 0.335 e. The highest BCUT2D eigenvalue weighted by Crippen LogP contribution is 2.23. The SMILES string of the molecule is CCC(C#Cn1cc(Cc2ccc(C(=O)O)cc2)c(=O)c2ccccc21)c1cccc(OC)c1. The fourth-order valence-corrected chi connectivity index (χ4v) is 3.96. The van der Waals surface area contributed by atoms with E-state index < -0.39 is 5.97 Å². The zero-order valence-electron chi connectivity index (χ0n) is 19.1. The molecule has 4 aromatic rings. The average molecular weight is 452 g/mol. The van der Waals surface area contributed by atoms with E-state index in [0.29, 0.717) is 17.4 Å². The molecular formula is C29H25NO4. The number of fused-ring (bicyclic) bond motifs is 1. The highest BCUT2D eigenvalue weighted by Gasteiger charge is 2.11. The summed E-state index contributed by atoms with van der Waals surface area (Å²) in [6.07, 6.45) is 3.01. The topological polar surface area (TPSA) is 68.5 Å². The van der Waals surface area contributed by atoms with Crippen molar-refractivity contribution >= 4 is 16.9 Å². The van der Waals surface area contributed by atoms with Crippen LogP contribution in [-0.4, -0.2) is 22.8 Å². The van der Waals surface area contributed by atoms with Crippen LogP contribution in [0.3, 0.4) is 0 Å². The number of benzene rings is 3. The summed E-state index contributed by atoms with van der Waals surface area (Å²) in [5, 5.41) is 9.73. The molecule has 170 valence electrons. The Kier molecular flexibility index (Phi) is 6.79. The molecule has 1 heterocycles.